The zero-order valence-corrected chi connectivity index (χ0v) is 25.5. The number of alkyl halides is 1. The Morgan fingerprint density at radius 1 is 1.05 bits per heavy atom. The summed E-state index contributed by atoms with van der Waals surface area (Å²) >= 11 is 5.77. The summed E-state index contributed by atoms with van der Waals surface area (Å²) in [6, 6.07) is 0. The molecule has 0 radical (unpaired) electrons. The second-order valence-corrected chi connectivity index (χ2v) is 10.4. The number of nitrogens with zero attached hydrogens (tertiary/aromatic N) is 4. The smallest absolute Gasteiger partial charge is 0.303 e. The fourth-order valence-electron chi connectivity index (χ4n) is 4.29. The van der Waals surface area contributed by atoms with Crippen molar-refractivity contribution in [3.8, 4) is 0 Å². The van der Waals surface area contributed by atoms with Gasteiger partial charge >= 0.3 is 5.97 Å². The van der Waals surface area contributed by atoms with Gasteiger partial charge in [0.15, 0.2) is 0 Å². The Hall–Kier alpha value is -3.52. The number of halogens is 1. The van der Waals surface area contributed by atoms with E-state index in [2.05, 4.69) is 30.1 Å². The van der Waals surface area contributed by atoms with Gasteiger partial charge in [0.1, 0.15) is 0 Å². The predicted molar refractivity (Wildman–Crippen MR) is 169 cm³/mol. The highest BCUT2D eigenvalue weighted by Crippen LogP contribution is 2.38. The predicted octanol–water partition coefficient (Wildman–Crippen LogP) is 6.13. The molecule has 1 aliphatic rings. The fourth-order valence-corrected chi connectivity index (χ4v) is 4.38. The van der Waals surface area contributed by atoms with Crippen molar-refractivity contribution in [3.05, 3.63) is 72.7 Å². The molecular formula is C32H45ClN4O4. The zero-order valence-electron chi connectivity index (χ0n) is 24.7. The number of unbranched alkanes of at least 4 members (excludes halogenated alkanes) is 2. The summed E-state index contributed by atoms with van der Waals surface area (Å²) < 4.78 is 0. The number of carboxylic acids is 1. The zero-order chi connectivity index (χ0) is 30.7. The second kappa shape index (κ2) is 19.5. The number of carbonyl (C=O) groups excluding carboxylic acids is 2. The summed E-state index contributed by atoms with van der Waals surface area (Å²) in [5.74, 6) is -0.482. The normalized spacial score (nSPS) is 16.5. The number of aliphatic carboxylic acids is 1. The van der Waals surface area contributed by atoms with Crippen molar-refractivity contribution in [1.29, 1.82) is 0 Å². The first-order valence-corrected chi connectivity index (χ1v) is 14.5. The van der Waals surface area contributed by atoms with Gasteiger partial charge in [-0.15, -0.1) is 11.6 Å². The molecule has 1 N–H and O–H groups in total. The van der Waals surface area contributed by atoms with Crippen LogP contribution in [0.3, 0.4) is 0 Å². The topological polar surface area (TPSA) is 103 Å². The van der Waals surface area contributed by atoms with E-state index in [4.69, 9.17) is 16.7 Å². The number of allylic oxidation sites excluding steroid dienone is 7. The van der Waals surface area contributed by atoms with Gasteiger partial charge in [0.2, 0.25) is 11.8 Å². The SMILES string of the molecule is C=C/C=C(\C=C/CCl)/C=N/C(C=C)=C(/C=C/C(=O)N1CCC(CC)(CC(=O)N(C)C)CC1)\N=C\CCCCC(=O)O. The van der Waals surface area contributed by atoms with Gasteiger partial charge in [-0.25, -0.2) is 0 Å². The van der Waals surface area contributed by atoms with Crippen LogP contribution in [0.5, 0.6) is 0 Å². The lowest BCUT2D eigenvalue weighted by atomic mass is 9.73. The maximum absolute atomic E-state index is 13.1. The van der Waals surface area contributed by atoms with Crippen molar-refractivity contribution in [1.82, 2.24) is 9.80 Å². The van der Waals surface area contributed by atoms with Crippen LogP contribution < -0.4 is 0 Å². The third-order valence-electron chi connectivity index (χ3n) is 7.02. The van der Waals surface area contributed by atoms with Crippen molar-refractivity contribution >= 4 is 41.8 Å². The number of carbonyl (C=O) groups is 3. The molecule has 1 aliphatic heterocycles. The lowest BCUT2D eigenvalue weighted by Crippen LogP contribution is -2.44. The van der Waals surface area contributed by atoms with Gasteiger partial charge in [-0.3, -0.25) is 24.4 Å². The number of rotatable bonds is 17. The molecule has 1 fully saturated rings. The number of hydrogen-bond donors (Lipinski definition) is 1. The molecule has 224 valence electrons. The maximum Gasteiger partial charge on any atom is 0.303 e. The minimum absolute atomic E-state index is 0.0862. The van der Waals surface area contributed by atoms with Crippen LogP contribution in [0, 0.1) is 5.41 Å². The van der Waals surface area contributed by atoms with E-state index in [0.717, 1.165) is 24.8 Å². The van der Waals surface area contributed by atoms with Gasteiger partial charge in [-0.05, 0) is 61.7 Å². The summed E-state index contributed by atoms with van der Waals surface area (Å²) in [4.78, 5) is 48.8. The Labute approximate surface area is 250 Å². The molecule has 1 saturated heterocycles. The molecule has 0 aromatic heterocycles. The van der Waals surface area contributed by atoms with Gasteiger partial charge in [0.05, 0.1) is 11.4 Å². The molecular weight excluding hydrogens is 540 g/mol. The molecule has 9 heteroatoms. The van der Waals surface area contributed by atoms with Crippen LogP contribution in [0.15, 0.2) is 82.6 Å². The molecule has 0 spiro atoms. The quantitative estimate of drug-likeness (QED) is 0.0730. The lowest BCUT2D eigenvalue weighted by molar-refractivity contribution is -0.137. The van der Waals surface area contributed by atoms with Gasteiger partial charge in [-0.1, -0.05) is 44.4 Å². The minimum atomic E-state index is -0.822. The van der Waals surface area contributed by atoms with Gasteiger partial charge in [-0.2, -0.15) is 0 Å². The van der Waals surface area contributed by atoms with E-state index >= 15 is 0 Å². The molecule has 1 rings (SSSR count). The van der Waals surface area contributed by atoms with E-state index in [-0.39, 0.29) is 23.7 Å². The molecule has 0 atom stereocenters. The largest absolute Gasteiger partial charge is 0.481 e. The van der Waals surface area contributed by atoms with Crippen molar-refractivity contribution in [2.45, 2.75) is 58.3 Å². The van der Waals surface area contributed by atoms with Crippen molar-refractivity contribution in [3.63, 3.8) is 0 Å². The Morgan fingerprint density at radius 2 is 1.76 bits per heavy atom. The molecule has 1 heterocycles. The third kappa shape index (κ3) is 13.6. The monoisotopic (exact) mass is 584 g/mol. The van der Waals surface area contributed by atoms with E-state index < -0.39 is 5.97 Å². The molecule has 8 nitrogen and oxygen atoms in total. The first-order valence-electron chi connectivity index (χ1n) is 14.0. The molecule has 0 aromatic rings. The fraction of sp³-hybridized carbons (Fsp3) is 0.469. The highest BCUT2D eigenvalue weighted by atomic mass is 35.5. The summed E-state index contributed by atoms with van der Waals surface area (Å²) in [5, 5.41) is 8.84. The first kappa shape index (κ1) is 35.5. The van der Waals surface area contributed by atoms with Crippen molar-refractivity contribution in [2.24, 2.45) is 15.4 Å². The number of piperidine rings is 1. The average molecular weight is 585 g/mol. The molecule has 41 heavy (non-hydrogen) atoms. The van der Waals surface area contributed by atoms with Crippen LogP contribution in [-0.4, -0.2) is 78.2 Å². The van der Waals surface area contributed by atoms with Crippen LogP contribution in [0.25, 0.3) is 0 Å². The Balaban J connectivity index is 3.14. The molecule has 0 aromatic carbocycles. The summed E-state index contributed by atoms with van der Waals surface area (Å²) in [6.07, 6.45) is 19.9. The van der Waals surface area contributed by atoms with Gasteiger partial charge < -0.3 is 14.9 Å². The average Bonchev–Trinajstić information content (AvgIpc) is 2.95. The number of hydrogen-bond acceptors (Lipinski definition) is 5. The Kier molecular flexibility index (Phi) is 16.9. The van der Waals surface area contributed by atoms with Crippen LogP contribution >= 0.6 is 11.6 Å². The summed E-state index contributed by atoms with van der Waals surface area (Å²) in [6.45, 7) is 10.9. The van der Waals surface area contributed by atoms with E-state index in [1.807, 2.05) is 6.08 Å². The molecule has 0 unspecified atom stereocenters. The van der Waals surface area contributed by atoms with E-state index in [1.165, 1.54) is 6.08 Å². The van der Waals surface area contributed by atoms with Crippen LogP contribution in [0.1, 0.15) is 58.3 Å². The minimum Gasteiger partial charge on any atom is -0.481 e. The number of amides is 2. The first-order chi connectivity index (χ1) is 19.6. The summed E-state index contributed by atoms with van der Waals surface area (Å²) in [5.41, 5.74) is 1.61. The highest BCUT2D eigenvalue weighted by Gasteiger charge is 2.36. The lowest BCUT2D eigenvalue weighted by Gasteiger charge is -2.41. The Morgan fingerprint density at radius 3 is 2.32 bits per heavy atom. The highest BCUT2D eigenvalue weighted by molar-refractivity contribution is 6.19. The third-order valence-corrected chi connectivity index (χ3v) is 7.20. The van der Waals surface area contributed by atoms with Gasteiger partial charge in [0.25, 0.3) is 0 Å². The molecule has 0 bridgehead atoms. The van der Waals surface area contributed by atoms with Crippen molar-refractivity contribution < 1.29 is 19.5 Å². The van der Waals surface area contributed by atoms with E-state index in [0.29, 0.717) is 56.0 Å². The molecule has 0 aliphatic carbocycles. The molecule has 2 amide bonds. The maximum atomic E-state index is 13.1. The van der Waals surface area contributed by atoms with Crippen LogP contribution in [0.2, 0.25) is 0 Å². The summed E-state index contributed by atoms with van der Waals surface area (Å²) in [7, 11) is 3.54. The number of carboxylic acid groups (broad SMARTS) is 1. The second-order valence-electron chi connectivity index (χ2n) is 10.1. The van der Waals surface area contributed by atoms with E-state index in [9.17, 15) is 14.4 Å². The van der Waals surface area contributed by atoms with Gasteiger partial charge in [0, 0.05) is 64.4 Å². The van der Waals surface area contributed by atoms with Crippen molar-refractivity contribution in [2.75, 3.05) is 33.1 Å². The van der Waals surface area contributed by atoms with Crippen LogP contribution in [-0.2, 0) is 14.4 Å². The van der Waals surface area contributed by atoms with Crippen LogP contribution in [0.4, 0.5) is 0 Å². The number of likely N-dealkylation sites (tertiary alicyclic amines) is 1. The molecule has 0 saturated carbocycles. The standard InChI is InChI=1S/C32H45ClN4O4/c1-6-13-26(14-12-20-33)25-35-27(7-2)28(34-21-11-9-10-15-31(40)41)16-17-29(38)37-22-18-32(8-3,19-23-37)24-30(39)36(4)5/h6-7,12-14,16-17,21,25H,1-2,8-11,15,18-20,22-24H2,3-5H3,(H,40,41)/b14-12-,17-16+,26-13+,28-27-,34-21+,35-25+. The number of aliphatic imine (C=N–C) groups is 2. The van der Waals surface area contributed by atoms with E-state index in [1.54, 1.807) is 66.7 Å². The Bertz CT molecular complexity index is 1090.